The molecule has 0 bridgehead atoms. The molecule has 6 rings (SSSR count). The molecule has 0 amide bonds. The number of hydrogen-bond acceptors (Lipinski definition) is 1. The van der Waals surface area contributed by atoms with Gasteiger partial charge in [-0.1, -0.05) is 0 Å². The van der Waals surface area contributed by atoms with Gasteiger partial charge >= 0.3 is 0 Å². The Balaban J connectivity index is 1.39. The van der Waals surface area contributed by atoms with Crippen LogP contribution in [0.4, 0.5) is 17.1 Å². The van der Waals surface area contributed by atoms with Crippen molar-refractivity contribution in [1.82, 2.24) is 13.7 Å². The lowest BCUT2D eigenvalue weighted by Gasteiger charge is -2.26. The zero-order valence-electron chi connectivity index (χ0n) is 18.6. The van der Waals surface area contributed by atoms with E-state index in [1.807, 2.05) is 36.4 Å². The molecule has 0 fully saturated rings. The lowest BCUT2D eigenvalue weighted by Crippen LogP contribution is -2.10. The monoisotopic (exact) mass is 440 g/mol. The van der Waals surface area contributed by atoms with Crippen LogP contribution in [0, 0.1) is 0 Å². The molecule has 0 atom stereocenters. The first-order chi connectivity index (χ1) is 16.8. The summed E-state index contributed by atoms with van der Waals surface area (Å²) in [7, 11) is 0. The highest BCUT2D eigenvalue weighted by Gasteiger charge is 2.13. The Kier molecular flexibility index (Phi) is 5.09. The molecule has 4 nitrogen and oxygen atoms in total. The van der Waals surface area contributed by atoms with Gasteiger partial charge in [0.05, 0.1) is 0 Å². The second-order valence-electron chi connectivity index (χ2n) is 8.16. The minimum absolute atomic E-state index is 1.11. The predicted molar refractivity (Wildman–Crippen MR) is 139 cm³/mol. The molecular formula is C30H24N4. The standard InChI is InChI=1S/C30H24N4/c1-2-20-31(19-1)25-7-13-28(14-8-25)34(29-15-9-26(10-16-29)32-21-3-4-22-32)30-17-11-27(12-18-30)33-23-5-6-24-33/h1-24H. The smallest absolute Gasteiger partial charge is 0.0463 e. The highest BCUT2D eigenvalue weighted by molar-refractivity contribution is 5.77. The fourth-order valence-corrected chi connectivity index (χ4v) is 4.29. The van der Waals surface area contributed by atoms with E-state index in [0.717, 1.165) is 34.1 Å². The van der Waals surface area contributed by atoms with Crippen molar-refractivity contribution in [1.29, 1.82) is 0 Å². The van der Waals surface area contributed by atoms with Crippen molar-refractivity contribution in [2.24, 2.45) is 0 Å². The molecule has 0 aliphatic carbocycles. The third-order valence-corrected chi connectivity index (χ3v) is 6.03. The lowest BCUT2D eigenvalue weighted by atomic mass is 10.1. The molecule has 0 aliphatic heterocycles. The van der Waals surface area contributed by atoms with Crippen molar-refractivity contribution in [3.63, 3.8) is 0 Å². The van der Waals surface area contributed by atoms with Crippen LogP contribution in [0.1, 0.15) is 0 Å². The van der Waals surface area contributed by atoms with Gasteiger partial charge in [-0.15, -0.1) is 0 Å². The number of rotatable bonds is 6. The summed E-state index contributed by atoms with van der Waals surface area (Å²) in [6.45, 7) is 0. The third-order valence-electron chi connectivity index (χ3n) is 6.03. The number of nitrogens with zero attached hydrogens (tertiary/aromatic N) is 4. The maximum absolute atomic E-state index is 2.29. The first-order valence-corrected chi connectivity index (χ1v) is 11.4. The minimum Gasteiger partial charge on any atom is -0.324 e. The quantitative estimate of drug-likeness (QED) is 0.262. The van der Waals surface area contributed by atoms with Gasteiger partial charge in [0.25, 0.3) is 0 Å². The third kappa shape index (κ3) is 3.82. The summed E-state index contributed by atoms with van der Waals surface area (Å²) < 4.78 is 6.35. The highest BCUT2D eigenvalue weighted by Crippen LogP contribution is 2.35. The Bertz CT molecular complexity index is 1260. The Hall–Kier alpha value is -4.70. The van der Waals surface area contributed by atoms with Gasteiger partial charge in [0.15, 0.2) is 0 Å². The van der Waals surface area contributed by atoms with Crippen molar-refractivity contribution in [3.8, 4) is 17.1 Å². The topological polar surface area (TPSA) is 18.0 Å². The number of hydrogen-bond donors (Lipinski definition) is 0. The zero-order valence-corrected chi connectivity index (χ0v) is 18.6. The molecule has 164 valence electrons. The molecule has 0 saturated carbocycles. The van der Waals surface area contributed by atoms with Gasteiger partial charge in [-0.25, -0.2) is 0 Å². The van der Waals surface area contributed by atoms with E-state index in [4.69, 9.17) is 0 Å². The molecule has 0 aliphatic rings. The van der Waals surface area contributed by atoms with E-state index in [1.165, 1.54) is 0 Å². The van der Waals surface area contributed by atoms with Crippen molar-refractivity contribution in [3.05, 3.63) is 146 Å². The van der Waals surface area contributed by atoms with Crippen molar-refractivity contribution < 1.29 is 0 Å². The van der Waals surface area contributed by atoms with E-state index in [-0.39, 0.29) is 0 Å². The van der Waals surface area contributed by atoms with E-state index in [0.29, 0.717) is 0 Å². The van der Waals surface area contributed by atoms with Crippen LogP contribution < -0.4 is 4.90 Å². The Morgan fingerprint density at radius 1 is 0.324 bits per heavy atom. The van der Waals surface area contributed by atoms with Gasteiger partial charge in [0.2, 0.25) is 0 Å². The maximum Gasteiger partial charge on any atom is 0.0463 e. The van der Waals surface area contributed by atoms with Gasteiger partial charge in [0, 0.05) is 71.3 Å². The van der Waals surface area contributed by atoms with E-state index in [9.17, 15) is 0 Å². The second kappa shape index (κ2) is 8.68. The summed E-state index contributed by atoms with van der Waals surface area (Å²) in [4.78, 5) is 2.29. The van der Waals surface area contributed by atoms with Gasteiger partial charge in [-0.05, 0) is 109 Å². The zero-order chi connectivity index (χ0) is 22.7. The van der Waals surface area contributed by atoms with Crippen molar-refractivity contribution >= 4 is 17.1 Å². The Morgan fingerprint density at radius 3 is 0.794 bits per heavy atom. The minimum atomic E-state index is 1.11. The molecule has 4 heteroatoms. The average molecular weight is 441 g/mol. The fourth-order valence-electron chi connectivity index (χ4n) is 4.29. The van der Waals surface area contributed by atoms with Gasteiger partial charge in [-0.2, -0.15) is 0 Å². The van der Waals surface area contributed by atoms with Gasteiger partial charge < -0.3 is 18.6 Å². The number of anilines is 3. The molecule has 3 heterocycles. The molecule has 3 aromatic heterocycles. The molecule has 6 aromatic rings. The van der Waals surface area contributed by atoms with Crippen LogP contribution in [-0.2, 0) is 0 Å². The Labute approximate surface area is 199 Å². The molecular weight excluding hydrogens is 416 g/mol. The lowest BCUT2D eigenvalue weighted by molar-refractivity contribution is 1.07. The normalized spacial score (nSPS) is 10.9. The van der Waals surface area contributed by atoms with E-state index in [2.05, 4.69) is 129 Å². The van der Waals surface area contributed by atoms with Crippen LogP contribution in [0.5, 0.6) is 0 Å². The summed E-state index contributed by atoms with van der Waals surface area (Å²) in [5.41, 5.74) is 6.74. The number of benzene rings is 3. The summed E-state index contributed by atoms with van der Waals surface area (Å²) in [5, 5.41) is 0. The molecule has 0 unspecified atom stereocenters. The second-order valence-corrected chi connectivity index (χ2v) is 8.16. The first kappa shape index (κ1) is 19.9. The summed E-state index contributed by atoms with van der Waals surface area (Å²) in [5.74, 6) is 0. The maximum atomic E-state index is 2.29. The molecule has 34 heavy (non-hydrogen) atoms. The molecule has 0 N–H and O–H groups in total. The SMILES string of the molecule is c1ccn(-c2ccc(N(c3ccc(-n4cccc4)cc3)c3ccc(-n4cccc4)cc3)cc2)c1. The molecule has 3 aromatic carbocycles. The van der Waals surface area contributed by atoms with Gasteiger partial charge in [-0.3, -0.25) is 0 Å². The molecule has 0 radical (unpaired) electrons. The van der Waals surface area contributed by atoms with Crippen LogP contribution in [0.2, 0.25) is 0 Å². The largest absolute Gasteiger partial charge is 0.324 e. The van der Waals surface area contributed by atoms with Crippen LogP contribution in [0.15, 0.2) is 146 Å². The average Bonchev–Trinajstić information content (AvgIpc) is 3.69. The van der Waals surface area contributed by atoms with Crippen LogP contribution in [0.25, 0.3) is 17.1 Å². The van der Waals surface area contributed by atoms with Crippen LogP contribution in [-0.4, -0.2) is 13.7 Å². The summed E-state index contributed by atoms with van der Waals surface area (Å²) in [6, 6.07) is 38.2. The molecule has 0 saturated heterocycles. The van der Waals surface area contributed by atoms with E-state index >= 15 is 0 Å². The van der Waals surface area contributed by atoms with Crippen molar-refractivity contribution in [2.45, 2.75) is 0 Å². The number of aromatic nitrogens is 3. The summed E-state index contributed by atoms with van der Waals surface area (Å²) in [6.07, 6.45) is 12.4. The Morgan fingerprint density at radius 2 is 0.559 bits per heavy atom. The van der Waals surface area contributed by atoms with Crippen LogP contribution >= 0.6 is 0 Å². The van der Waals surface area contributed by atoms with E-state index < -0.39 is 0 Å². The summed E-state index contributed by atoms with van der Waals surface area (Å²) >= 11 is 0. The fraction of sp³-hybridized carbons (Fsp3) is 0. The predicted octanol–water partition coefficient (Wildman–Crippen LogP) is 7.53. The van der Waals surface area contributed by atoms with Crippen LogP contribution in [0.3, 0.4) is 0 Å². The molecule has 0 spiro atoms. The van der Waals surface area contributed by atoms with Crippen molar-refractivity contribution in [2.75, 3.05) is 4.90 Å². The van der Waals surface area contributed by atoms with Gasteiger partial charge in [0.1, 0.15) is 0 Å². The highest BCUT2D eigenvalue weighted by atomic mass is 15.1. The first-order valence-electron chi connectivity index (χ1n) is 11.4. The van der Waals surface area contributed by atoms with E-state index in [1.54, 1.807) is 0 Å².